The highest BCUT2D eigenvalue weighted by atomic mass is 35.5. The van der Waals surface area contributed by atoms with E-state index in [1.54, 1.807) is 6.07 Å². The summed E-state index contributed by atoms with van der Waals surface area (Å²) in [5, 5.41) is 0.0228. The van der Waals surface area contributed by atoms with E-state index in [0.717, 1.165) is 12.1 Å². The maximum atomic E-state index is 12.8. The normalized spacial score (nSPS) is 11.3. The first-order valence-electron chi connectivity index (χ1n) is 5.22. The molecule has 0 aliphatic rings. The van der Waals surface area contributed by atoms with Crippen LogP contribution in [0.4, 0.5) is 15.8 Å². The van der Waals surface area contributed by atoms with Crippen molar-refractivity contribution in [3.05, 3.63) is 53.3 Å². The second kappa shape index (κ2) is 5.07. The second-order valence-corrected chi connectivity index (χ2v) is 5.80. The number of halogens is 2. The summed E-state index contributed by atoms with van der Waals surface area (Å²) in [6.07, 6.45) is 0. The van der Waals surface area contributed by atoms with E-state index in [0.29, 0.717) is 0 Å². The molecule has 4 nitrogen and oxygen atoms in total. The summed E-state index contributed by atoms with van der Waals surface area (Å²) in [6, 6.07) is 9.32. The van der Waals surface area contributed by atoms with Gasteiger partial charge >= 0.3 is 0 Å². The van der Waals surface area contributed by atoms with E-state index in [4.69, 9.17) is 17.3 Å². The average molecular weight is 301 g/mol. The van der Waals surface area contributed by atoms with Gasteiger partial charge in [0.25, 0.3) is 10.0 Å². The summed E-state index contributed by atoms with van der Waals surface area (Å²) in [5.74, 6) is -0.458. The summed E-state index contributed by atoms with van der Waals surface area (Å²) in [5.41, 5.74) is 5.89. The average Bonchev–Trinajstić information content (AvgIpc) is 2.31. The Balaban J connectivity index is 2.41. The fraction of sp³-hybridized carbons (Fsp3) is 0. The lowest BCUT2D eigenvalue weighted by Crippen LogP contribution is -2.15. The molecule has 0 aliphatic heterocycles. The Labute approximate surface area is 115 Å². The van der Waals surface area contributed by atoms with Gasteiger partial charge in [0.2, 0.25) is 0 Å². The molecule has 7 heteroatoms. The van der Waals surface area contributed by atoms with E-state index in [9.17, 15) is 12.8 Å². The smallest absolute Gasteiger partial charge is 0.265 e. The van der Waals surface area contributed by atoms with Gasteiger partial charge in [0.15, 0.2) is 0 Å². The predicted molar refractivity (Wildman–Crippen MR) is 73.1 cm³/mol. The molecule has 0 unspecified atom stereocenters. The van der Waals surface area contributed by atoms with E-state index in [-0.39, 0.29) is 21.3 Å². The molecule has 3 N–H and O–H groups in total. The molecule has 0 bridgehead atoms. The molecule has 2 rings (SSSR count). The van der Waals surface area contributed by atoms with Gasteiger partial charge in [-0.05, 0) is 36.4 Å². The van der Waals surface area contributed by atoms with Crippen LogP contribution in [0.1, 0.15) is 0 Å². The number of rotatable bonds is 3. The predicted octanol–water partition coefficient (Wildman–Crippen LogP) is 2.86. The van der Waals surface area contributed by atoms with Crippen molar-refractivity contribution in [1.29, 1.82) is 0 Å². The minimum absolute atomic E-state index is 0.0228. The Bertz CT molecular complexity index is 682. The molecule has 2 aromatic carbocycles. The van der Waals surface area contributed by atoms with Crippen LogP contribution >= 0.6 is 11.6 Å². The van der Waals surface area contributed by atoms with Crippen LogP contribution in [0.25, 0.3) is 0 Å². The quantitative estimate of drug-likeness (QED) is 0.856. The number of sulfonamides is 1. The summed E-state index contributed by atoms with van der Waals surface area (Å²) < 4.78 is 39.4. The summed E-state index contributed by atoms with van der Waals surface area (Å²) in [6.45, 7) is 0. The van der Waals surface area contributed by atoms with Crippen LogP contribution in [0.2, 0.25) is 5.02 Å². The fourth-order valence-electron chi connectivity index (χ4n) is 1.53. The molecule has 2 aromatic rings. The molecular formula is C12H10ClFN2O2S. The monoisotopic (exact) mass is 300 g/mol. The zero-order valence-electron chi connectivity index (χ0n) is 9.60. The molecule has 0 fully saturated rings. The van der Waals surface area contributed by atoms with Crippen molar-refractivity contribution in [2.24, 2.45) is 0 Å². The van der Waals surface area contributed by atoms with Crippen LogP contribution in [0, 0.1) is 5.82 Å². The van der Waals surface area contributed by atoms with Gasteiger partial charge < -0.3 is 5.73 Å². The van der Waals surface area contributed by atoms with E-state index in [1.807, 2.05) is 0 Å². The van der Waals surface area contributed by atoms with Gasteiger partial charge in [0, 0.05) is 5.69 Å². The lowest BCUT2D eigenvalue weighted by molar-refractivity contribution is 0.601. The standard InChI is InChI=1S/C12H10ClFN2O2S/c13-10-2-1-3-11(15)12(10)19(17,18)16-9-6-4-8(14)5-7-9/h1-7,16H,15H2. The van der Waals surface area contributed by atoms with Gasteiger partial charge in [0.1, 0.15) is 10.7 Å². The Morgan fingerprint density at radius 2 is 1.74 bits per heavy atom. The molecular weight excluding hydrogens is 291 g/mol. The van der Waals surface area contributed by atoms with Crippen LogP contribution in [0.3, 0.4) is 0 Å². The highest BCUT2D eigenvalue weighted by molar-refractivity contribution is 7.93. The van der Waals surface area contributed by atoms with Gasteiger partial charge in [-0.25, -0.2) is 12.8 Å². The van der Waals surface area contributed by atoms with Gasteiger partial charge in [-0.15, -0.1) is 0 Å². The maximum absolute atomic E-state index is 12.8. The van der Waals surface area contributed by atoms with Crippen molar-refractivity contribution in [2.45, 2.75) is 4.90 Å². The SMILES string of the molecule is Nc1cccc(Cl)c1S(=O)(=O)Nc1ccc(F)cc1. The number of hydrogen-bond acceptors (Lipinski definition) is 3. The first-order valence-corrected chi connectivity index (χ1v) is 7.08. The first-order chi connectivity index (χ1) is 8.90. The third kappa shape index (κ3) is 2.97. The van der Waals surface area contributed by atoms with Gasteiger partial charge in [-0.2, -0.15) is 0 Å². The van der Waals surface area contributed by atoms with E-state index < -0.39 is 15.8 Å². The van der Waals surface area contributed by atoms with Crippen molar-refractivity contribution < 1.29 is 12.8 Å². The van der Waals surface area contributed by atoms with Crippen molar-refractivity contribution in [1.82, 2.24) is 0 Å². The molecule has 0 spiro atoms. The van der Waals surface area contributed by atoms with Crippen molar-refractivity contribution in [2.75, 3.05) is 10.5 Å². The van der Waals surface area contributed by atoms with Crippen molar-refractivity contribution in [3.8, 4) is 0 Å². The van der Waals surface area contributed by atoms with Gasteiger partial charge in [0.05, 0.1) is 10.7 Å². The Kier molecular flexibility index (Phi) is 3.64. The lowest BCUT2D eigenvalue weighted by atomic mass is 10.3. The molecule has 0 atom stereocenters. The largest absolute Gasteiger partial charge is 0.398 e. The highest BCUT2D eigenvalue weighted by Gasteiger charge is 2.21. The number of anilines is 2. The summed E-state index contributed by atoms with van der Waals surface area (Å²) in [7, 11) is -3.92. The van der Waals surface area contributed by atoms with E-state index in [2.05, 4.69) is 4.72 Å². The minimum Gasteiger partial charge on any atom is -0.398 e. The zero-order valence-corrected chi connectivity index (χ0v) is 11.2. The Hall–Kier alpha value is -1.79. The number of nitrogens with two attached hydrogens (primary N) is 1. The molecule has 0 heterocycles. The van der Waals surface area contributed by atoms with E-state index in [1.165, 1.54) is 24.3 Å². The van der Waals surface area contributed by atoms with Crippen molar-refractivity contribution in [3.63, 3.8) is 0 Å². The minimum atomic E-state index is -3.92. The van der Waals surface area contributed by atoms with Gasteiger partial charge in [-0.3, -0.25) is 4.72 Å². The molecule has 100 valence electrons. The second-order valence-electron chi connectivity index (χ2n) is 3.77. The molecule has 0 aromatic heterocycles. The number of benzene rings is 2. The zero-order chi connectivity index (χ0) is 14.0. The highest BCUT2D eigenvalue weighted by Crippen LogP contribution is 2.28. The fourth-order valence-corrected chi connectivity index (χ4v) is 3.27. The molecule has 0 amide bonds. The van der Waals surface area contributed by atoms with E-state index >= 15 is 0 Å². The summed E-state index contributed by atoms with van der Waals surface area (Å²) in [4.78, 5) is -0.194. The molecule has 0 saturated heterocycles. The van der Waals surface area contributed by atoms with Gasteiger partial charge in [-0.1, -0.05) is 17.7 Å². The van der Waals surface area contributed by atoms with Crippen LogP contribution < -0.4 is 10.5 Å². The topological polar surface area (TPSA) is 72.2 Å². The van der Waals surface area contributed by atoms with Crippen LogP contribution in [-0.2, 0) is 10.0 Å². The maximum Gasteiger partial charge on any atom is 0.265 e. The lowest BCUT2D eigenvalue weighted by Gasteiger charge is -2.11. The molecule has 0 aliphatic carbocycles. The van der Waals surface area contributed by atoms with Crippen LogP contribution in [-0.4, -0.2) is 8.42 Å². The van der Waals surface area contributed by atoms with Crippen LogP contribution in [0.15, 0.2) is 47.4 Å². The number of hydrogen-bond donors (Lipinski definition) is 2. The number of nitrogens with one attached hydrogen (secondary N) is 1. The first kappa shape index (κ1) is 13.6. The third-order valence-corrected chi connectivity index (χ3v) is 4.29. The Morgan fingerprint density at radius 3 is 2.32 bits per heavy atom. The molecule has 0 saturated carbocycles. The summed E-state index contributed by atoms with van der Waals surface area (Å²) >= 11 is 5.85. The number of nitrogen functional groups attached to an aromatic ring is 1. The molecule has 19 heavy (non-hydrogen) atoms. The third-order valence-electron chi connectivity index (χ3n) is 2.36. The van der Waals surface area contributed by atoms with Crippen LogP contribution in [0.5, 0.6) is 0 Å². The van der Waals surface area contributed by atoms with Crippen molar-refractivity contribution >= 4 is 33.0 Å². The molecule has 0 radical (unpaired) electrons. The Morgan fingerprint density at radius 1 is 1.11 bits per heavy atom.